The molecule has 2 rings (SSSR count). The molecule has 5 heteroatoms. The SMILES string of the molecule is CCCOc1cc(N)ccc1C(=O)OC[C@H](C(C)C)N1CCCCC1. The minimum atomic E-state index is -0.339. The summed E-state index contributed by atoms with van der Waals surface area (Å²) in [5.41, 5.74) is 6.85. The van der Waals surface area contributed by atoms with Crippen molar-refractivity contribution in [3.63, 3.8) is 0 Å². The Bertz CT molecular complexity index is 554. The molecule has 0 spiro atoms. The molecule has 0 aromatic heterocycles. The molecule has 0 radical (unpaired) electrons. The lowest BCUT2D eigenvalue weighted by molar-refractivity contribution is 0.0230. The lowest BCUT2D eigenvalue weighted by Gasteiger charge is -2.36. The van der Waals surface area contributed by atoms with Crippen molar-refractivity contribution in [3.05, 3.63) is 23.8 Å². The van der Waals surface area contributed by atoms with Gasteiger partial charge in [0.2, 0.25) is 0 Å². The molecule has 0 aliphatic carbocycles. The highest BCUT2D eigenvalue weighted by atomic mass is 16.5. The third-order valence-electron chi connectivity index (χ3n) is 4.70. The molecular formula is C20H32N2O3. The number of hydrogen-bond donors (Lipinski definition) is 1. The number of piperidine rings is 1. The van der Waals surface area contributed by atoms with Crippen LogP contribution < -0.4 is 10.5 Å². The predicted molar refractivity (Wildman–Crippen MR) is 101 cm³/mol. The molecule has 5 nitrogen and oxygen atoms in total. The number of carbonyl (C=O) groups is 1. The van der Waals surface area contributed by atoms with E-state index in [0.717, 1.165) is 19.5 Å². The number of hydrogen-bond acceptors (Lipinski definition) is 5. The first kappa shape index (κ1) is 19.6. The summed E-state index contributed by atoms with van der Waals surface area (Å²) in [6.45, 7) is 9.54. The van der Waals surface area contributed by atoms with Crippen molar-refractivity contribution in [2.45, 2.75) is 52.5 Å². The van der Waals surface area contributed by atoms with Gasteiger partial charge in [-0.2, -0.15) is 0 Å². The van der Waals surface area contributed by atoms with Crippen molar-refractivity contribution in [1.29, 1.82) is 0 Å². The molecule has 1 fully saturated rings. The molecule has 1 saturated heterocycles. The van der Waals surface area contributed by atoms with Crippen LogP contribution >= 0.6 is 0 Å². The van der Waals surface area contributed by atoms with Gasteiger partial charge in [0.15, 0.2) is 0 Å². The second-order valence-corrected chi connectivity index (χ2v) is 7.11. The molecule has 2 N–H and O–H groups in total. The van der Waals surface area contributed by atoms with Gasteiger partial charge >= 0.3 is 5.97 Å². The Hall–Kier alpha value is -1.75. The van der Waals surface area contributed by atoms with E-state index in [-0.39, 0.29) is 12.0 Å². The van der Waals surface area contributed by atoms with Crippen LogP contribution in [-0.2, 0) is 4.74 Å². The number of ether oxygens (including phenoxy) is 2. The maximum atomic E-state index is 12.6. The topological polar surface area (TPSA) is 64.8 Å². The zero-order valence-electron chi connectivity index (χ0n) is 15.8. The monoisotopic (exact) mass is 348 g/mol. The standard InChI is InChI=1S/C20H32N2O3/c1-4-12-24-19-13-16(21)8-9-17(19)20(23)25-14-18(15(2)3)22-10-6-5-7-11-22/h8-9,13,15,18H,4-7,10-12,14,21H2,1-3H3/t18-/m1/s1. The number of nitrogen functional groups attached to an aromatic ring is 1. The van der Waals surface area contributed by atoms with Gasteiger partial charge in [0, 0.05) is 17.8 Å². The number of nitrogens with two attached hydrogens (primary N) is 1. The minimum absolute atomic E-state index is 0.262. The average Bonchev–Trinajstić information content (AvgIpc) is 2.60. The molecule has 0 unspecified atom stereocenters. The lowest BCUT2D eigenvalue weighted by Crippen LogP contribution is -2.45. The molecular weight excluding hydrogens is 316 g/mol. The third kappa shape index (κ3) is 5.63. The first-order chi connectivity index (χ1) is 12.0. The highest BCUT2D eigenvalue weighted by Gasteiger charge is 2.25. The fraction of sp³-hybridized carbons (Fsp3) is 0.650. The summed E-state index contributed by atoms with van der Waals surface area (Å²) < 4.78 is 11.3. The van der Waals surface area contributed by atoms with Crippen molar-refractivity contribution in [1.82, 2.24) is 4.90 Å². The number of nitrogens with zero attached hydrogens (tertiary/aromatic N) is 1. The van der Waals surface area contributed by atoms with Crippen LogP contribution in [-0.4, -0.2) is 43.2 Å². The lowest BCUT2D eigenvalue weighted by atomic mass is 10.00. The summed E-state index contributed by atoms with van der Waals surface area (Å²) in [5, 5.41) is 0. The van der Waals surface area contributed by atoms with Gasteiger partial charge in [0.25, 0.3) is 0 Å². The number of anilines is 1. The van der Waals surface area contributed by atoms with Gasteiger partial charge in [-0.25, -0.2) is 4.79 Å². The fourth-order valence-electron chi connectivity index (χ4n) is 3.25. The predicted octanol–water partition coefficient (Wildman–Crippen LogP) is 3.72. The molecule has 1 atom stereocenters. The number of carbonyl (C=O) groups excluding carboxylic acids is 1. The average molecular weight is 348 g/mol. The van der Waals surface area contributed by atoms with E-state index < -0.39 is 0 Å². The molecule has 1 aliphatic heterocycles. The number of likely N-dealkylation sites (tertiary alicyclic amines) is 1. The molecule has 1 aromatic carbocycles. The van der Waals surface area contributed by atoms with Gasteiger partial charge in [0.05, 0.1) is 6.61 Å². The largest absolute Gasteiger partial charge is 0.493 e. The molecule has 0 amide bonds. The van der Waals surface area contributed by atoms with E-state index in [0.29, 0.717) is 36.1 Å². The third-order valence-corrected chi connectivity index (χ3v) is 4.70. The van der Waals surface area contributed by atoms with E-state index in [1.807, 2.05) is 6.92 Å². The molecule has 140 valence electrons. The zero-order valence-corrected chi connectivity index (χ0v) is 15.8. The first-order valence-corrected chi connectivity index (χ1v) is 9.46. The second-order valence-electron chi connectivity index (χ2n) is 7.11. The van der Waals surface area contributed by atoms with Crippen LogP contribution in [0, 0.1) is 5.92 Å². The summed E-state index contributed by atoms with van der Waals surface area (Å²) >= 11 is 0. The molecule has 0 saturated carbocycles. The highest BCUT2D eigenvalue weighted by Crippen LogP contribution is 2.24. The number of esters is 1. The van der Waals surface area contributed by atoms with Crippen LogP contribution in [0.15, 0.2) is 18.2 Å². The number of benzene rings is 1. The smallest absolute Gasteiger partial charge is 0.341 e. The normalized spacial score (nSPS) is 16.6. The van der Waals surface area contributed by atoms with E-state index in [1.54, 1.807) is 18.2 Å². The molecule has 0 bridgehead atoms. The molecule has 1 aromatic rings. The van der Waals surface area contributed by atoms with Crippen LogP contribution in [0.25, 0.3) is 0 Å². The Kier molecular flexibility index (Phi) is 7.56. The summed E-state index contributed by atoms with van der Waals surface area (Å²) in [4.78, 5) is 15.0. The Balaban J connectivity index is 2.02. The Morgan fingerprint density at radius 2 is 1.96 bits per heavy atom. The van der Waals surface area contributed by atoms with Crippen molar-refractivity contribution >= 4 is 11.7 Å². The Morgan fingerprint density at radius 3 is 2.60 bits per heavy atom. The van der Waals surface area contributed by atoms with Gasteiger partial charge in [-0.05, 0) is 50.4 Å². The molecule has 1 aliphatic rings. The van der Waals surface area contributed by atoms with Gasteiger partial charge in [-0.1, -0.05) is 27.2 Å². The summed E-state index contributed by atoms with van der Waals surface area (Å²) in [7, 11) is 0. The number of rotatable bonds is 8. The fourth-order valence-corrected chi connectivity index (χ4v) is 3.25. The summed E-state index contributed by atoms with van der Waals surface area (Å²) in [6, 6.07) is 5.35. The first-order valence-electron chi connectivity index (χ1n) is 9.46. The highest BCUT2D eigenvalue weighted by molar-refractivity contribution is 5.93. The summed E-state index contributed by atoms with van der Waals surface area (Å²) in [6.07, 6.45) is 4.62. The van der Waals surface area contributed by atoms with Crippen molar-refractivity contribution in [2.75, 3.05) is 32.0 Å². The maximum absolute atomic E-state index is 12.6. The molecule has 25 heavy (non-hydrogen) atoms. The Labute approximate surface area is 151 Å². The van der Waals surface area contributed by atoms with Crippen LogP contribution in [0.1, 0.15) is 56.8 Å². The summed E-state index contributed by atoms with van der Waals surface area (Å²) in [5.74, 6) is 0.604. The van der Waals surface area contributed by atoms with Crippen LogP contribution in [0.3, 0.4) is 0 Å². The van der Waals surface area contributed by atoms with Gasteiger partial charge in [-0.15, -0.1) is 0 Å². The van der Waals surface area contributed by atoms with Crippen molar-refractivity contribution in [3.8, 4) is 5.75 Å². The van der Waals surface area contributed by atoms with E-state index >= 15 is 0 Å². The quantitative estimate of drug-likeness (QED) is 0.573. The van der Waals surface area contributed by atoms with E-state index in [1.165, 1.54) is 19.3 Å². The van der Waals surface area contributed by atoms with Gasteiger partial charge < -0.3 is 15.2 Å². The van der Waals surface area contributed by atoms with Crippen LogP contribution in [0.4, 0.5) is 5.69 Å². The second kappa shape index (κ2) is 9.66. The van der Waals surface area contributed by atoms with Gasteiger partial charge in [-0.3, -0.25) is 4.90 Å². The van der Waals surface area contributed by atoms with Crippen molar-refractivity contribution in [2.24, 2.45) is 5.92 Å². The minimum Gasteiger partial charge on any atom is -0.493 e. The maximum Gasteiger partial charge on any atom is 0.341 e. The molecule has 1 heterocycles. The Morgan fingerprint density at radius 1 is 1.24 bits per heavy atom. The van der Waals surface area contributed by atoms with Gasteiger partial charge in [0.1, 0.15) is 17.9 Å². The van der Waals surface area contributed by atoms with E-state index in [4.69, 9.17) is 15.2 Å². The zero-order chi connectivity index (χ0) is 18.2. The van der Waals surface area contributed by atoms with E-state index in [2.05, 4.69) is 18.7 Å². The van der Waals surface area contributed by atoms with Crippen molar-refractivity contribution < 1.29 is 14.3 Å². The van der Waals surface area contributed by atoms with Crippen LogP contribution in [0.2, 0.25) is 0 Å². The van der Waals surface area contributed by atoms with E-state index in [9.17, 15) is 4.79 Å². The van der Waals surface area contributed by atoms with Crippen LogP contribution in [0.5, 0.6) is 5.75 Å².